The lowest BCUT2D eigenvalue weighted by Gasteiger charge is -2.22. The summed E-state index contributed by atoms with van der Waals surface area (Å²) < 4.78 is 12.9. The van der Waals surface area contributed by atoms with Gasteiger partial charge in [0, 0.05) is 24.2 Å². The standard InChI is InChI=1S/C15H20FN3O2/c1-15(2,3)18-14(21)17-11-8-13(20)19(9-11)12-6-4-10(16)5-7-12/h4-7,11H,8-9H2,1-3H3,(H2,17,18,21). The van der Waals surface area contributed by atoms with Crippen molar-refractivity contribution in [2.45, 2.75) is 38.8 Å². The monoisotopic (exact) mass is 293 g/mol. The Morgan fingerprint density at radius 3 is 2.48 bits per heavy atom. The van der Waals surface area contributed by atoms with Gasteiger partial charge in [-0.1, -0.05) is 0 Å². The van der Waals surface area contributed by atoms with Gasteiger partial charge in [0.15, 0.2) is 0 Å². The van der Waals surface area contributed by atoms with Gasteiger partial charge in [-0.25, -0.2) is 9.18 Å². The van der Waals surface area contributed by atoms with E-state index in [1.165, 1.54) is 12.1 Å². The van der Waals surface area contributed by atoms with Crippen LogP contribution in [0.5, 0.6) is 0 Å². The highest BCUT2D eigenvalue weighted by Crippen LogP contribution is 2.21. The van der Waals surface area contributed by atoms with E-state index < -0.39 is 0 Å². The Bertz CT molecular complexity index is 537. The summed E-state index contributed by atoms with van der Waals surface area (Å²) in [5.74, 6) is -0.424. The zero-order valence-corrected chi connectivity index (χ0v) is 12.4. The first-order valence-corrected chi connectivity index (χ1v) is 6.89. The highest BCUT2D eigenvalue weighted by molar-refractivity contribution is 5.96. The van der Waals surface area contributed by atoms with Gasteiger partial charge >= 0.3 is 6.03 Å². The van der Waals surface area contributed by atoms with Gasteiger partial charge in [-0.3, -0.25) is 4.79 Å². The van der Waals surface area contributed by atoms with Crippen molar-refractivity contribution in [3.8, 4) is 0 Å². The molecular weight excluding hydrogens is 273 g/mol. The van der Waals surface area contributed by atoms with E-state index in [1.807, 2.05) is 20.8 Å². The van der Waals surface area contributed by atoms with Crippen LogP contribution in [0.25, 0.3) is 0 Å². The Morgan fingerprint density at radius 1 is 1.29 bits per heavy atom. The summed E-state index contributed by atoms with van der Waals surface area (Å²) in [5.41, 5.74) is 0.311. The van der Waals surface area contributed by atoms with Crippen LogP contribution in [0.2, 0.25) is 0 Å². The van der Waals surface area contributed by atoms with Crippen molar-refractivity contribution >= 4 is 17.6 Å². The van der Waals surface area contributed by atoms with Gasteiger partial charge in [-0.15, -0.1) is 0 Å². The summed E-state index contributed by atoms with van der Waals surface area (Å²) in [6.07, 6.45) is 0.245. The maximum atomic E-state index is 12.9. The number of carbonyl (C=O) groups is 2. The number of urea groups is 1. The number of hydrogen-bond donors (Lipinski definition) is 2. The van der Waals surface area contributed by atoms with Gasteiger partial charge in [0.2, 0.25) is 5.91 Å². The Morgan fingerprint density at radius 2 is 1.90 bits per heavy atom. The SMILES string of the molecule is CC(C)(C)NC(=O)NC1CC(=O)N(c2ccc(F)cc2)C1. The Hall–Kier alpha value is -2.11. The Labute approximate surface area is 123 Å². The minimum atomic E-state index is -0.343. The lowest BCUT2D eigenvalue weighted by molar-refractivity contribution is -0.117. The molecule has 1 aliphatic rings. The average molecular weight is 293 g/mol. The number of amides is 3. The zero-order valence-electron chi connectivity index (χ0n) is 12.4. The topological polar surface area (TPSA) is 61.4 Å². The second kappa shape index (κ2) is 5.71. The third-order valence-electron chi connectivity index (χ3n) is 3.09. The number of nitrogens with one attached hydrogen (secondary N) is 2. The normalized spacial score (nSPS) is 18.8. The summed E-state index contributed by atoms with van der Waals surface area (Å²) in [4.78, 5) is 25.4. The fraction of sp³-hybridized carbons (Fsp3) is 0.467. The molecular formula is C15H20FN3O2. The summed E-state index contributed by atoms with van der Waals surface area (Å²) in [5, 5.41) is 5.58. The molecule has 1 saturated heterocycles. The predicted octanol–water partition coefficient (Wildman–Crippen LogP) is 2.03. The summed E-state index contributed by atoms with van der Waals surface area (Å²) >= 11 is 0. The van der Waals surface area contributed by atoms with Gasteiger partial charge < -0.3 is 15.5 Å². The second-order valence-electron chi connectivity index (χ2n) is 6.23. The molecule has 2 N–H and O–H groups in total. The molecule has 1 aliphatic heterocycles. The van der Waals surface area contributed by atoms with Crippen LogP contribution in [0.4, 0.5) is 14.9 Å². The van der Waals surface area contributed by atoms with E-state index in [9.17, 15) is 14.0 Å². The predicted molar refractivity (Wildman–Crippen MR) is 78.6 cm³/mol. The quantitative estimate of drug-likeness (QED) is 0.876. The molecule has 0 radical (unpaired) electrons. The summed E-state index contributed by atoms with van der Waals surface area (Å²) in [6.45, 7) is 6.05. The molecule has 1 unspecified atom stereocenters. The first-order valence-electron chi connectivity index (χ1n) is 6.89. The highest BCUT2D eigenvalue weighted by Gasteiger charge is 2.32. The van der Waals surface area contributed by atoms with Crippen molar-refractivity contribution < 1.29 is 14.0 Å². The van der Waals surface area contributed by atoms with Crippen molar-refractivity contribution in [1.29, 1.82) is 0 Å². The molecule has 0 aliphatic carbocycles. The van der Waals surface area contributed by atoms with Crippen molar-refractivity contribution in [3.63, 3.8) is 0 Å². The van der Waals surface area contributed by atoms with Crippen LogP contribution >= 0.6 is 0 Å². The van der Waals surface area contributed by atoms with Gasteiger partial charge in [0.1, 0.15) is 5.82 Å². The summed E-state index contributed by atoms with van der Waals surface area (Å²) in [6, 6.07) is 5.22. The zero-order chi connectivity index (χ0) is 15.6. The fourth-order valence-corrected chi connectivity index (χ4v) is 2.24. The minimum absolute atomic E-state index is 0.0809. The smallest absolute Gasteiger partial charge is 0.315 e. The first kappa shape index (κ1) is 15.3. The molecule has 1 atom stereocenters. The molecule has 1 aromatic rings. The summed E-state index contributed by atoms with van der Waals surface area (Å²) in [7, 11) is 0. The van der Waals surface area contributed by atoms with E-state index in [0.717, 1.165) is 0 Å². The number of anilines is 1. The molecule has 1 aromatic carbocycles. The number of rotatable bonds is 2. The maximum Gasteiger partial charge on any atom is 0.315 e. The van der Waals surface area contributed by atoms with Crippen molar-refractivity contribution in [3.05, 3.63) is 30.1 Å². The molecule has 21 heavy (non-hydrogen) atoms. The average Bonchev–Trinajstić information content (AvgIpc) is 2.68. The Balaban J connectivity index is 1.96. The van der Waals surface area contributed by atoms with Crippen LogP contribution in [-0.4, -0.2) is 30.1 Å². The fourth-order valence-electron chi connectivity index (χ4n) is 2.24. The van der Waals surface area contributed by atoms with Crippen molar-refractivity contribution in [2.75, 3.05) is 11.4 Å². The lowest BCUT2D eigenvalue weighted by atomic mass is 10.1. The van der Waals surface area contributed by atoms with Crippen LogP contribution in [0.1, 0.15) is 27.2 Å². The first-order chi connectivity index (χ1) is 9.74. The molecule has 1 heterocycles. The van der Waals surface area contributed by atoms with E-state index in [1.54, 1.807) is 17.0 Å². The highest BCUT2D eigenvalue weighted by atomic mass is 19.1. The maximum absolute atomic E-state index is 12.9. The van der Waals surface area contributed by atoms with Crippen LogP contribution < -0.4 is 15.5 Å². The lowest BCUT2D eigenvalue weighted by Crippen LogP contribution is -2.50. The molecule has 0 spiro atoms. The number of halogens is 1. The van der Waals surface area contributed by atoms with E-state index in [4.69, 9.17) is 0 Å². The number of benzene rings is 1. The van der Waals surface area contributed by atoms with Crippen molar-refractivity contribution in [1.82, 2.24) is 10.6 Å². The van der Waals surface area contributed by atoms with Crippen molar-refractivity contribution in [2.24, 2.45) is 0 Å². The molecule has 2 rings (SSSR count). The molecule has 0 bridgehead atoms. The Kier molecular flexibility index (Phi) is 4.16. The third-order valence-corrected chi connectivity index (χ3v) is 3.09. The van der Waals surface area contributed by atoms with E-state index in [0.29, 0.717) is 12.2 Å². The van der Waals surface area contributed by atoms with Crippen LogP contribution in [0.15, 0.2) is 24.3 Å². The van der Waals surface area contributed by atoms with Gasteiger partial charge in [0.05, 0.1) is 6.04 Å². The molecule has 3 amide bonds. The van der Waals surface area contributed by atoms with E-state index >= 15 is 0 Å². The van der Waals surface area contributed by atoms with E-state index in [-0.39, 0.29) is 35.8 Å². The second-order valence-corrected chi connectivity index (χ2v) is 6.23. The molecule has 6 heteroatoms. The van der Waals surface area contributed by atoms with Crippen LogP contribution in [-0.2, 0) is 4.79 Å². The molecule has 5 nitrogen and oxygen atoms in total. The van der Waals surface area contributed by atoms with Gasteiger partial charge in [-0.2, -0.15) is 0 Å². The number of nitrogens with zero attached hydrogens (tertiary/aromatic N) is 1. The molecule has 1 fully saturated rings. The van der Waals surface area contributed by atoms with Crippen LogP contribution in [0, 0.1) is 5.82 Å². The van der Waals surface area contributed by atoms with Crippen LogP contribution in [0.3, 0.4) is 0 Å². The largest absolute Gasteiger partial charge is 0.334 e. The minimum Gasteiger partial charge on any atom is -0.334 e. The molecule has 0 saturated carbocycles. The molecule has 114 valence electrons. The molecule has 0 aromatic heterocycles. The van der Waals surface area contributed by atoms with Gasteiger partial charge in [0.25, 0.3) is 0 Å². The number of carbonyl (C=O) groups excluding carboxylic acids is 2. The van der Waals surface area contributed by atoms with E-state index in [2.05, 4.69) is 10.6 Å². The third kappa shape index (κ3) is 4.18. The van der Waals surface area contributed by atoms with Gasteiger partial charge in [-0.05, 0) is 45.0 Å². The number of hydrogen-bond acceptors (Lipinski definition) is 2.